The van der Waals surface area contributed by atoms with Crippen LogP contribution < -0.4 is 10.6 Å². The molecule has 1 aromatic rings. The Morgan fingerprint density at radius 2 is 2.00 bits per heavy atom. The van der Waals surface area contributed by atoms with Gasteiger partial charge in [-0.25, -0.2) is 4.79 Å². The molecule has 0 spiro atoms. The predicted octanol–water partition coefficient (Wildman–Crippen LogP) is 2.29. The van der Waals surface area contributed by atoms with Crippen LogP contribution >= 0.6 is 23.2 Å². The molecule has 92 valence electrons. The summed E-state index contributed by atoms with van der Waals surface area (Å²) in [4.78, 5) is 22.1. The highest BCUT2D eigenvalue weighted by Gasteiger charge is 2.06. The number of carbonyl (C=O) groups excluding carboxylic acids is 2. The Morgan fingerprint density at radius 3 is 2.59 bits per heavy atom. The first-order chi connectivity index (χ1) is 8.02. The monoisotopic (exact) mass is 276 g/mol. The second kappa shape index (κ2) is 6.32. The molecule has 0 radical (unpaired) electrons. The third-order valence-corrected chi connectivity index (χ3v) is 2.54. The van der Waals surface area contributed by atoms with E-state index in [0.29, 0.717) is 15.7 Å². The van der Waals surface area contributed by atoms with Crippen molar-refractivity contribution in [1.82, 2.24) is 5.32 Å². The average molecular weight is 277 g/mol. The molecule has 7 heteroatoms. The molecule has 0 saturated heterocycles. The van der Waals surface area contributed by atoms with Crippen LogP contribution in [-0.2, 0) is 9.53 Å². The lowest BCUT2D eigenvalue weighted by atomic mass is 10.3. The van der Waals surface area contributed by atoms with E-state index in [1.807, 2.05) is 0 Å². The van der Waals surface area contributed by atoms with Gasteiger partial charge in [0.1, 0.15) is 6.54 Å². The molecule has 2 amide bonds. The summed E-state index contributed by atoms with van der Waals surface area (Å²) in [6, 6.07) is 4.11. The van der Waals surface area contributed by atoms with Crippen LogP contribution in [0.3, 0.4) is 0 Å². The van der Waals surface area contributed by atoms with Crippen LogP contribution in [-0.4, -0.2) is 25.7 Å². The van der Waals surface area contributed by atoms with E-state index in [2.05, 4.69) is 15.4 Å². The van der Waals surface area contributed by atoms with Crippen molar-refractivity contribution in [3.63, 3.8) is 0 Å². The van der Waals surface area contributed by atoms with Crippen molar-refractivity contribution in [2.45, 2.75) is 0 Å². The Labute approximate surface area is 108 Å². The van der Waals surface area contributed by atoms with Gasteiger partial charge in [-0.3, -0.25) is 4.79 Å². The topological polar surface area (TPSA) is 67.4 Å². The van der Waals surface area contributed by atoms with Crippen molar-refractivity contribution < 1.29 is 14.3 Å². The van der Waals surface area contributed by atoms with Crippen molar-refractivity contribution in [3.8, 4) is 0 Å². The molecule has 17 heavy (non-hydrogen) atoms. The van der Waals surface area contributed by atoms with Crippen LogP contribution in [0.15, 0.2) is 18.2 Å². The molecule has 0 aromatic heterocycles. The summed E-state index contributed by atoms with van der Waals surface area (Å²) in [6.07, 6.45) is 0. The summed E-state index contributed by atoms with van der Waals surface area (Å²) in [5.41, 5.74) is 0.474. The lowest BCUT2D eigenvalue weighted by Crippen LogP contribution is -2.33. The minimum atomic E-state index is -0.534. The second-order valence-corrected chi connectivity index (χ2v) is 3.83. The highest BCUT2D eigenvalue weighted by molar-refractivity contribution is 6.42. The van der Waals surface area contributed by atoms with Crippen molar-refractivity contribution in [1.29, 1.82) is 0 Å². The highest BCUT2D eigenvalue weighted by Crippen LogP contribution is 2.24. The molecule has 2 N–H and O–H groups in total. The van der Waals surface area contributed by atoms with Crippen LogP contribution in [0.2, 0.25) is 10.0 Å². The first kappa shape index (κ1) is 13.6. The summed E-state index contributed by atoms with van der Waals surface area (Å²) >= 11 is 11.5. The number of esters is 1. The van der Waals surface area contributed by atoms with E-state index >= 15 is 0 Å². The summed E-state index contributed by atoms with van der Waals surface area (Å²) in [5.74, 6) is -0.533. The van der Waals surface area contributed by atoms with E-state index in [-0.39, 0.29) is 6.54 Å². The largest absolute Gasteiger partial charge is 0.468 e. The van der Waals surface area contributed by atoms with E-state index in [1.165, 1.54) is 13.2 Å². The number of halogens is 2. The van der Waals surface area contributed by atoms with Crippen molar-refractivity contribution in [3.05, 3.63) is 28.2 Å². The van der Waals surface area contributed by atoms with Gasteiger partial charge in [0.15, 0.2) is 0 Å². The number of rotatable bonds is 3. The zero-order valence-corrected chi connectivity index (χ0v) is 10.4. The van der Waals surface area contributed by atoms with Crippen LogP contribution in [0.25, 0.3) is 0 Å². The first-order valence-electron chi connectivity index (χ1n) is 4.59. The van der Waals surface area contributed by atoms with Crippen molar-refractivity contribution >= 4 is 40.9 Å². The fraction of sp³-hybridized carbons (Fsp3) is 0.200. The van der Waals surface area contributed by atoms with Gasteiger partial charge in [-0.2, -0.15) is 0 Å². The number of nitrogens with one attached hydrogen (secondary N) is 2. The van der Waals surface area contributed by atoms with Crippen molar-refractivity contribution in [2.75, 3.05) is 19.0 Å². The quantitative estimate of drug-likeness (QED) is 0.833. The third kappa shape index (κ3) is 4.50. The van der Waals surface area contributed by atoms with E-state index in [0.717, 1.165) is 0 Å². The maximum Gasteiger partial charge on any atom is 0.325 e. The van der Waals surface area contributed by atoms with Crippen LogP contribution in [0.1, 0.15) is 0 Å². The van der Waals surface area contributed by atoms with Gasteiger partial charge >= 0.3 is 12.0 Å². The maximum atomic E-state index is 11.3. The fourth-order valence-electron chi connectivity index (χ4n) is 0.974. The normalized spacial score (nSPS) is 9.59. The molecular weight excluding hydrogens is 267 g/mol. The van der Waals surface area contributed by atoms with Gasteiger partial charge in [0.25, 0.3) is 0 Å². The Kier molecular flexibility index (Phi) is 5.06. The van der Waals surface area contributed by atoms with Gasteiger partial charge in [0.2, 0.25) is 0 Å². The first-order valence-corrected chi connectivity index (χ1v) is 5.35. The summed E-state index contributed by atoms with van der Waals surface area (Å²) in [6.45, 7) is -0.205. The zero-order chi connectivity index (χ0) is 12.8. The molecule has 0 fully saturated rings. The predicted molar refractivity (Wildman–Crippen MR) is 65.5 cm³/mol. The number of urea groups is 1. The highest BCUT2D eigenvalue weighted by atomic mass is 35.5. The lowest BCUT2D eigenvalue weighted by molar-refractivity contribution is -0.139. The van der Waals surface area contributed by atoms with E-state index in [9.17, 15) is 9.59 Å². The molecule has 1 aromatic carbocycles. The van der Waals surface area contributed by atoms with Gasteiger partial charge in [-0.15, -0.1) is 0 Å². The van der Waals surface area contributed by atoms with Crippen LogP contribution in [0, 0.1) is 0 Å². The summed E-state index contributed by atoms with van der Waals surface area (Å²) in [5, 5.41) is 5.53. The molecule has 0 heterocycles. The molecule has 0 aliphatic heterocycles. The Morgan fingerprint density at radius 1 is 1.29 bits per heavy atom. The number of hydrogen-bond acceptors (Lipinski definition) is 3. The smallest absolute Gasteiger partial charge is 0.325 e. The van der Waals surface area contributed by atoms with Gasteiger partial charge in [0.05, 0.1) is 17.2 Å². The second-order valence-electron chi connectivity index (χ2n) is 3.01. The van der Waals surface area contributed by atoms with E-state index < -0.39 is 12.0 Å². The SMILES string of the molecule is COC(=O)CNC(=O)Nc1ccc(Cl)c(Cl)c1. The van der Waals surface area contributed by atoms with Gasteiger partial charge in [-0.05, 0) is 18.2 Å². The molecule has 0 atom stereocenters. The number of methoxy groups -OCH3 is 1. The maximum absolute atomic E-state index is 11.3. The zero-order valence-electron chi connectivity index (χ0n) is 8.92. The molecule has 0 saturated carbocycles. The number of carbonyl (C=O) groups is 2. The molecule has 5 nitrogen and oxygen atoms in total. The van der Waals surface area contributed by atoms with Gasteiger partial charge in [-0.1, -0.05) is 23.2 Å². The lowest BCUT2D eigenvalue weighted by Gasteiger charge is -2.07. The van der Waals surface area contributed by atoms with Crippen molar-refractivity contribution in [2.24, 2.45) is 0 Å². The summed E-state index contributed by atoms with van der Waals surface area (Å²) in [7, 11) is 1.24. The minimum absolute atomic E-state index is 0.205. The molecule has 0 bridgehead atoms. The standard InChI is InChI=1S/C10H10Cl2N2O3/c1-17-9(15)5-13-10(16)14-6-2-3-7(11)8(12)4-6/h2-4H,5H2,1H3,(H2,13,14,16). The summed E-state index contributed by atoms with van der Waals surface area (Å²) < 4.78 is 4.37. The number of anilines is 1. The Hall–Kier alpha value is -1.46. The molecule has 1 rings (SSSR count). The molecular formula is C10H10Cl2N2O3. The number of amides is 2. The number of benzene rings is 1. The average Bonchev–Trinajstić information content (AvgIpc) is 2.31. The van der Waals surface area contributed by atoms with Crippen LogP contribution in [0.4, 0.5) is 10.5 Å². The van der Waals surface area contributed by atoms with Crippen LogP contribution in [0.5, 0.6) is 0 Å². The number of ether oxygens (including phenoxy) is 1. The molecule has 0 aliphatic carbocycles. The van der Waals surface area contributed by atoms with E-state index in [4.69, 9.17) is 23.2 Å². The fourth-order valence-corrected chi connectivity index (χ4v) is 1.27. The molecule has 0 unspecified atom stereocenters. The Bertz CT molecular complexity index is 438. The number of hydrogen-bond donors (Lipinski definition) is 2. The van der Waals surface area contributed by atoms with E-state index in [1.54, 1.807) is 12.1 Å². The Balaban J connectivity index is 2.50. The minimum Gasteiger partial charge on any atom is -0.468 e. The van der Waals surface area contributed by atoms with Gasteiger partial charge in [0, 0.05) is 5.69 Å². The third-order valence-electron chi connectivity index (χ3n) is 1.80. The van der Waals surface area contributed by atoms with Gasteiger partial charge < -0.3 is 15.4 Å². The molecule has 0 aliphatic rings.